The number of carbonyl (C=O) groups excluding carboxylic acids is 1. The van der Waals surface area contributed by atoms with Gasteiger partial charge in [0.25, 0.3) is 5.91 Å². The molecule has 0 aliphatic rings. The number of benzene rings is 1. The fourth-order valence-electron chi connectivity index (χ4n) is 1.64. The van der Waals surface area contributed by atoms with Crippen LogP contribution in [0.3, 0.4) is 0 Å². The minimum atomic E-state index is -0.467. The van der Waals surface area contributed by atoms with Gasteiger partial charge in [-0.3, -0.25) is 4.79 Å². The van der Waals surface area contributed by atoms with Crippen LogP contribution in [0.25, 0.3) is 0 Å². The number of amides is 1. The molecule has 0 spiro atoms. The van der Waals surface area contributed by atoms with E-state index in [9.17, 15) is 4.79 Å². The maximum Gasteiger partial charge on any atom is 0.261 e. The van der Waals surface area contributed by atoms with Gasteiger partial charge in [-0.05, 0) is 30.7 Å². The molecule has 0 aliphatic carbocycles. The molecule has 1 amide bonds. The lowest BCUT2D eigenvalue weighted by molar-refractivity contribution is -0.127. The molecule has 0 bridgehead atoms. The van der Waals surface area contributed by atoms with Crippen LogP contribution in [0.2, 0.25) is 5.02 Å². The Morgan fingerprint density at radius 1 is 1.33 bits per heavy atom. The summed E-state index contributed by atoms with van der Waals surface area (Å²) in [4.78, 5) is 12.1. The van der Waals surface area contributed by atoms with E-state index in [2.05, 4.69) is 26.1 Å². The molecular weight excluding hydrogens is 306 g/mol. The first kappa shape index (κ1) is 18.2. The smallest absolute Gasteiger partial charge is 0.261 e. The summed E-state index contributed by atoms with van der Waals surface area (Å²) in [6.07, 6.45) is 0.159. The molecule has 1 aromatic rings. The summed E-state index contributed by atoms with van der Waals surface area (Å²) in [6, 6.07) is 7.05. The Morgan fingerprint density at radius 3 is 2.48 bits per heavy atom. The molecule has 21 heavy (non-hydrogen) atoms. The van der Waals surface area contributed by atoms with Gasteiger partial charge in [0.15, 0.2) is 6.10 Å². The molecule has 5 heteroatoms. The SMILES string of the molecule is CC[C@H](Oc1ccc(Cl)cc1)C(=O)NCCSC(C)(C)C. The molecule has 0 radical (unpaired) electrons. The van der Waals surface area contributed by atoms with Gasteiger partial charge in [0.2, 0.25) is 0 Å². The Kier molecular flexibility index (Phi) is 7.40. The lowest BCUT2D eigenvalue weighted by atomic mass is 10.2. The first-order valence-electron chi connectivity index (χ1n) is 7.15. The monoisotopic (exact) mass is 329 g/mol. The van der Waals surface area contributed by atoms with Crippen LogP contribution in [0.4, 0.5) is 0 Å². The molecule has 1 aromatic carbocycles. The Bertz CT molecular complexity index is 443. The predicted molar refractivity (Wildman–Crippen MR) is 91.4 cm³/mol. The number of rotatable bonds is 7. The second-order valence-electron chi connectivity index (χ2n) is 5.72. The lowest BCUT2D eigenvalue weighted by Crippen LogP contribution is -2.39. The maximum atomic E-state index is 12.1. The van der Waals surface area contributed by atoms with Gasteiger partial charge in [-0.1, -0.05) is 39.3 Å². The normalized spacial score (nSPS) is 12.8. The Labute approximate surface area is 136 Å². The number of hydrogen-bond acceptors (Lipinski definition) is 3. The molecule has 0 aliphatic heterocycles. The fourth-order valence-corrected chi connectivity index (χ4v) is 2.59. The van der Waals surface area contributed by atoms with Crippen molar-refractivity contribution in [1.29, 1.82) is 0 Å². The lowest BCUT2D eigenvalue weighted by Gasteiger charge is -2.19. The van der Waals surface area contributed by atoms with Crippen molar-refractivity contribution in [2.75, 3.05) is 12.3 Å². The van der Waals surface area contributed by atoms with E-state index in [-0.39, 0.29) is 10.7 Å². The first-order chi connectivity index (χ1) is 9.81. The van der Waals surface area contributed by atoms with Crippen molar-refractivity contribution in [3.8, 4) is 5.75 Å². The van der Waals surface area contributed by atoms with Crippen LogP contribution in [0.5, 0.6) is 5.75 Å². The van der Waals surface area contributed by atoms with Crippen LogP contribution in [0, 0.1) is 0 Å². The minimum absolute atomic E-state index is 0.0676. The number of ether oxygens (including phenoxy) is 1. The van der Waals surface area contributed by atoms with E-state index in [1.807, 2.05) is 18.7 Å². The van der Waals surface area contributed by atoms with Crippen LogP contribution >= 0.6 is 23.4 Å². The van der Waals surface area contributed by atoms with Gasteiger partial charge < -0.3 is 10.1 Å². The second kappa shape index (κ2) is 8.54. The fraction of sp³-hybridized carbons (Fsp3) is 0.562. The van der Waals surface area contributed by atoms with Crippen molar-refractivity contribution in [1.82, 2.24) is 5.32 Å². The average molecular weight is 330 g/mol. The van der Waals surface area contributed by atoms with Crippen molar-refractivity contribution in [3.63, 3.8) is 0 Å². The summed E-state index contributed by atoms with van der Waals surface area (Å²) in [7, 11) is 0. The van der Waals surface area contributed by atoms with Crippen molar-refractivity contribution < 1.29 is 9.53 Å². The summed E-state index contributed by atoms with van der Waals surface area (Å²) < 4.78 is 5.92. The Balaban J connectivity index is 2.41. The van der Waals surface area contributed by atoms with Gasteiger partial charge in [0, 0.05) is 22.1 Å². The molecule has 0 saturated carbocycles. The van der Waals surface area contributed by atoms with Crippen LogP contribution in [0.15, 0.2) is 24.3 Å². The zero-order valence-electron chi connectivity index (χ0n) is 13.1. The molecule has 1 N–H and O–H groups in total. The second-order valence-corrected chi connectivity index (χ2v) is 8.08. The van der Waals surface area contributed by atoms with Crippen LogP contribution < -0.4 is 10.1 Å². The highest BCUT2D eigenvalue weighted by molar-refractivity contribution is 8.00. The van der Waals surface area contributed by atoms with Gasteiger partial charge in [-0.25, -0.2) is 0 Å². The van der Waals surface area contributed by atoms with Crippen LogP contribution in [-0.2, 0) is 4.79 Å². The van der Waals surface area contributed by atoms with Gasteiger partial charge in [0.1, 0.15) is 5.75 Å². The van der Waals surface area contributed by atoms with Gasteiger partial charge in [-0.15, -0.1) is 0 Å². The third kappa shape index (κ3) is 7.63. The quantitative estimate of drug-likeness (QED) is 0.764. The van der Waals surface area contributed by atoms with Crippen molar-refractivity contribution in [2.24, 2.45) is 0 Å². The first-order valence-corrected chi connectivity index (χ1v) is 8.52. The summed E-state index contributed by atoms with van der Waals surface area (Å²) in [5, 5.41) is 3.58. The van der Waals surface area contributed by atoms with Gasteiger partial charge in [-0.2, -0.15) is 11.8 Å². The zero-order valence-corrected chi connectivity index (χ0v) is 14.7. The average Bonchev–Trinajstić information content (AvgIpc) is 2.41. The predicted octanol–water partition coefficient (Wildman–Crippen LogP) is 4.15. The summed E-state index contributed by atoms with van der Waals surface area (Å²) in [5.41, 5.74) is 0. The number of thioether (sulfide) groups is 1. The largest absolute Gasteiger partial charge is 0.481 e. The molecule has 1 rings (SSSR count). The van der Waals surface area contributed by atoms with E-state index in [1.165, 1.54) is 0 Å². The van der Waals surface area contributed by atoms with E-state index >= 15 is 0 Å². The summed E-state index contributed by atoms with van der Waals surface area (Å²) in [6.45, 7) is 9.08. The highest BCUT2D eigenvalue weighted by Crippen LogP contribution is 2.22. The van der Waals surface area contributed by atoms with Crippen LogP contribution in [-0.4, -0.2) is 29.1 Å². The zero-order chi connectivity index (χ0) is 15.9. The standard InChI is InChI=1S/C16H24ClNO2S/c1-5-14(20-13-8-6-12(17)7-9-13)15(19)18-10-11-21-16(2,3)4/h6-9,14H,5,10-11H2,1-4H3,(H,18,19)/t14-/m0/s1. The molecule has 0 unspecified atom stereocenters. The number of nitrogens with one attached hydrogen (secondary N) is 1. The molecule has 0 aromatic heterocycles. The number of hydrogen-bond donors (Lipinski definition) is 1. The molecule has 0 saturated heterocycles. The highest BCUT2D eigenvalue weighted by atomic mass is 35.5. The molecule has 118 valence electrons. The van der Waals surface area contributed by atoms with E-state index in [1.54, 1.807) is 24.3 Å². The summed E-state index contributed by atoms with van der Waals surface area (Å²) in [5.74, 6) is 1.49. The van der Waals surface area contributed by atoms with Crippen LogP contribution in [0.1, 0.15) is 34.1 Å². The molecular formula is C16H24ClNO2S. The topological polar surface area (TPSA) is 38.3 Å². The summed E-state index contributed by atoms with van der Waals surface area (Å²) >= 11 is 7.66. The third-order valence-corrected chi connectivity index (χ3v) is 4.22. The maximum absolute atomic E-state index is 12.1. The highest BCUT2D eigenvalue weighted by Gasteiger charge is 2.18. The van der Waals surface area contributed by atoms with E-state index in [0.717, 1.165) is 5.75 Å². The van der Waals surface area contributed by atoms with Gasteiger partial charge >= 0.3 is 0 Å². The van der Waals surface area contributed by atoms with Crippen molar-refractivity contribution >= 4 is 29.3 Å². The molecule has 0 heterocycles. The van der Waals surface area contributed by atoms with Gasteiger partial charge in [0.05, 0.1) is 0 Å². The number of carbonyl (C=O) groups is 1. The molecule has 3 nitrogen and oxygen atoms in total. The molecule has 1 atom stereocenters. The Hall–Kier alpha value is -0.870. The van der Waals surface area contributed by atoms with E-state index in [4.69, 9.17) is 16.3 Å². The minimum Gasteiger partial charge on any atom is -0.481 e. The van der Waals surface area contributed by atoms with E-state index in [0.29, 0.717) is 23.7 Å². The molecule has 0 fully saturated rings. The van der Waals surface area contributed by atoms with Crippen molar-refractivity contribution in [2.45, 2.75) is 45.0 Å². The van der Waals surface area contributed by atoms with E-state index < -0.39 is 6.10 Å². The van der Waals surface area contributed by atoms with Crippen molar-refractivity contribution in [3.05, 3.63) is 29.3 Å². The Morgan fingerprint density at radius 2 is 1.95 bits per heavy atom. The number of halogens is 1. The third-order valence-electron chi connectivity index (χ3n) is 2.69.